The highest BCUT2D eigenvalue weighted by Crippen LogP contribution is 2.19. The van der Waals surface area contributed by atoms with Crippen molar-refractivity contribution in [2.75, 3.05) is 13.7 Å². The zero-order valence-corrected chi connectivity index (χ0v) is 9.89. The molecule has 16 heavy (non-hydrogen) atoms. The van der Waals surface area contributed by atoms with E-state index in [-0.39, 0.29) is 6.04 Å². The Morgan fingerprint density at radius 2 is 2.38 bits per heavy atom. The van der Waals surface area contributed by atoms with E-state index in [1.165, 1.54) is 12.8 Å². The van der Waals surface area contributed by atoms with Gasteiger partial charge in [-0.05, 0) is 29.7 Å². The third kappa shape index (κ3) is 2.76. The topological polar surface area (TPSA) is 64.9 Å². The molecule has 0 bridgehead atoms. The van der Waals surface area contributed by atoms with Crippen LogP contribution in [0.25, 0.3) is 0 Å². The Hall–Kier alpha value is -1.01. The maximum absolute atomic E-state index is 5.17. The molecule has 1 aromatic rings. The predicted octanol–water partition coefficient (Wildman–Crippen LogP) is 0.523. The number of aromatic nitrogens is 4. The van der Waals surface area contributed by atoms with Gasteiger partial charge in [-0.2, -0.15) is 0 Å². The largest absolute Gasteiger partial charge is 0.382 e. The lowest BCUT2D eigenvalue weighted by Gasteiger charge is -2.15. The summed E-state index contributed by atoms with van der Waals surface area (Å²) < 4.78 is 7.05. The summed E-state index contributed by atoms with van der Waals surface area (Å²) in [4.78, 5) is 0. The molecular weight excluding hydrogens is 206 g/mol. The molecule has 0 spiro atoms. The summed E-state index contributed by atoms with van der Waals surface area (Å²) in [5.41, 5.74) is 0. The molecular formula is C10H19N5O. The number of methoxy groups -OCH3 is 1. The molecule has 1 atom stereocenters. The summed E-state index contributed by atoms with van der Waals surface area (Å²) in [7, 11) is 1.70. The van der Waals surface area contributed by atoms with Crippen LogP contribution in [0.5, 0.6) is 0 Å². The summed E-state index contributed by atoms with van der Waals surface area (Å²) >= 11 is 0. The number of tetrazole rings is 1. The minimum Gasteiger partial charge on any atom is -0.382 e. The van der Waals surface area contributed by atoms with Gasteiger partial charge in [0.25, 0.3) is 0 Å². The van der Waals surface area contributed by atoms with E-state index in [1.807, 2.05) is 4.68 Å². The van der Waals surface area contributed by atoms with Crippen LogP contribution >= 0.6 is 0 Å². The molecule has 0 amide bonds. The van der Waals surface area contributed by atoms with Crippen LogP contribution < -0.4 is 5.32 Å². The summed E-state index contributed by atoms with van der Waals surface area (Å²) in [6.45, 7) is 3.51. The summed E-state index contributed by atoms with van der Waals surface area (Å²) in [6, 6.07) is 0.906. The van der Waals surface area contributed by atoms with Crippen molar-refractivity contribution in [1.82, 2.24) is 25.5 Å². The lowest BCUT2D eigenvalue weighted by atomic mass is 10.2. The number of hydrogen-bond acceptors (Lipinski definition) is 5. The van der Waals surface area contributed by atoms with Crippen molar-refractivity contribution in [1.29, 1.82) is 0 Å². The first-order valence-corrected chi connectivity index (χ1v) is 5.84. The highest BCUT2D eigenvalue weighted by Gasteiger charge is 2.22. The minimum absolute atomic E-state index is 0.232. The van der Waals surface area contributed by atoms with Crippen molar-refractivity contribution in [2.45, 2.75) is 44.8 Å². The Kier molecular flexibility index (Phi) is 3.84. The Balaban J connectivity index is 1.97. The fourth-order valence-corrected chi connectivity index (χ4v) is 1.69. The molecule has 1 aliphatic carbocycles. The Morgan fingerprint density at radius 1 is 1.56 bits per heavy atom. The average molecular weight is 225 g/mol. The van der Waals surface area contributed by atoms with Crippen molar-refractivity contribution >= 4 is 0 Å². The first kappa shape index (κ1) is 11.5. The monoisotopic (exact) mass is 225 g/mol. The van der Waals surface area contributed by atoms with Crippen LogP contribution in [0.2, 0.25) is 0 Å². The van der Waals surface area contributed by atoms with E-state index >= 15 is 0 Å². The third-order valence-corrected chi connectivity index (χ3v) is 2.86. The van der Waals surface area contributed by atoms with Crippen molar-refractivity contribution in [3.63, 3.8) is 0 Å². The van der Waals surface area contributed by atoms with Gasteiger partial charge in [-0.15, -0.1) is 5.10 Å². The molecule has 0 radical (unpaired) electrons. The second-order valence-electron chi connectivity index (χ2n) is 4.21. The zero-order chi connectivity index (χ0) is 11.4. The van der Waals surface area contributed by atoms with E-state index in [2.05, 4.69) is 27.8 Å². The van der Waals surface area contributed by atoms with E-state index in [4.69, 9.17) is 4.74 Å². The Morgan fingerprint density at radius 3 is 3.00 bits per heavy atom. The van der Waals surface area contributed by atoms with E-state index < -0.39 is 0 Å². The maximum atomic E-state index is 5.17. The number of ether oxygens (including phenoxy) is 1. The van der Waals surface area contributed by atoms with Gasteiger partial charge >= 0.3 is 0 Å². The van der Waals surface area contributed by atoms with Gasteiger partial charge in [0.2, 0.25) is 0 Å². The molecule has 0 saturated heterocycles. The normalized spacial score (nSPS) is 17.6. The molecule has 0 aromatic carbocycles. The van der Waals surface area contributed by atoms with Gasteiger partial charge in [0.05, 0.1) is 19.2 Å². The van der Waals surface area contributed by atoms with Gasteiger partial charge in [-0.3, -0.25) is 0 Å². The van der Waals surface area contributed by atoms with Crippen LogP contribution in [0.1, 0.15) is 38.1 Å². The molecule has 6 heteroatoms. The van der Waals surface area contributed by atoms with Gasteiger partial charge in [0.1, 0.15) is 0 Å². The molecule has 1 aromatic heterocycles. The van der Waals surface area contributed by atoms with Gasteiger partial charge in [0.15, 0.2) is 5.82 Å². The lowest BCUT2D eigenvalue weighted by molar-refractivity contribution is 0.144. The molecule has 1 N–H and O–H groups in total. The van der Waals surface area contributed by atoms with Crippen LogP contribution in [-0.2, 0) is 11.3 Å². The molecule has 6 nitrogen and oxygen atoms in total. The molecule has 1 unspecified atom stereocenters. The van der Waals surface area contributed by atoms with Gasteiger partial charge in [-0.25, -0.2) is 4.68 Å². The molecule has 1 aliphatic rings. The van der Waals surface area contributed by atoms with E-state index in [1.54, 1.807) is 7.11 Å². The molecule has 1 saturated carbocycles. The first-order valence-electron chi connectivity index (χ1n) is 5.84. The van der Waals surface area contributed by atoms with Crippen molar-refractivity contribution in [3.05, 3.63) is 5.82 Å². The summed E-state index contributed by atoms with van der Waals surface area (Å²) in [5, 5.41) is 15.2. The molecule has 0 aliphatic heterocycles. The average Bonchev–Trinajstić information content (AvgIpc) is 3.02. The van der Waals surface area contributed by atoms with Crippen molar-refractivity contribution in [3.8, 4) is 0 Å². The van der Waals surface area contributed by atoms with E-state index in [0.717, 1.165) is 18.8 Å². The quantitative estimate of drug-likeness (QED) is 0.733. The number of nitrogens with one attached hydrogen (secondary N) is 1. The summed E-state index contributed by atoms with van der Waals surface area (Å²) in [5.74, 6) is 0.899. The molecule has 1 fully saturated rings. The van der Waals surface area contributed by atoms with Crippen LogP contribution in [0, 0.1) is 0 Å². The van der Waals surface area contributed by atoms with Crippen molar-refractivity contribution in [2.24, 2.45) is 0 Å². The summed E-state index contributed by atoms with van der Waals surface area (Å²) in [6.07, 6.45) is 3.52. The standard InChI is InChI=1S/C10H19N5O/c1-3-9(7-16-2)15-10(12-13-14-15)6-11-8-4-5-8/h8-9,11H,3-7H2,1-2H3. The fourth-order valence-electron chi connectivity index (χ4n) is 1.69. The van der Waals surface area contributed by atoms with Crippen LogP contribution in [0.15, 0.2) is 0 Å². The second kappa shape index (κ2) is 5.36. The van der Waals surface area contributed by atoms with E-state index in [9.17, 15) is 0 Å². The predicted molar refractivity (Wildman–Crippen MR) is 58.9 cm³/mol. The fraction of sp³-hybridized carbons (Fsp3) is 0.900. The van der Waals surface area contributed by atoms with Crippen molar-refractivity contribution < 1.29 is 4.74 Å². The second-order valence-corrected chi connectivity index (χ2v) is 4.21. The Bertz CT molecular complexity index is 323. The Labute approximate surface area is 95.4 Å². The van der Waals surface area contributed by atoms with Gasteiger partial charge in [-0.1, -0.05) is 6.92 Å². The molecule has 90 valence electrons. The van der Waals surface area contributed by atoms with Gasteiger partial charge < -0.3 is 10.1 Å². The van der Waals surface area contributed by atoms with Crippen LogP contribution in [0.4, 0.5) is 0 Å². The minimum atomic E-state index is 0.232. The van der Waals surface area contributed by atoms with Gasteiger partial charge in [0, 0.05) is 13.2 Å². The molecule has 2 rings (SSSR count). The number of hydrogen-bond donors (Lipinski definition) is 1. The number of nitrogens with zero attached hydrogens (tertiary/aromatic N) is 4. The highest BCUT2D eigenvalue weighted by atomic mass is 16.5. The van der Waals surface area contributed by atoms with E-state index in [0.29, 0.717) is 12.6 Å². The SMILES string of the molecule is CCC(COC)n1nnnc1CNC1CC1. The third-order valence-electron chi connectivity index (χ3n) is 2.86. The first-order chi connectivity index (χ1) is 7.85. The van der Waals surface area contributed by atoms with Crippen LogP contribution in [0.3, 0.4) is 0 Å². The lowest BCUT2D eigenvalue weighted by Crippen LogP contribution is -2.23. The number of rotatable bonds is 7. The zero-order valence-electron chi connectivity index (χ0n) is 9.89. The highest BCUT2D eigenvalue weighted by molar-refractivity contribution is 4.88. The molecule has 1 heterocycles. The maximum Gasteiger partial charge on any atom is 0.165 e. The van der Waals surface area contributed by atoms with Crippen LogP contribution in [-0.4, -0.2) is 40.0 Å². The smallest absolute Gasteiger partial charge is 0.165 e.